The number of nitrogens with zero attached hydrogens (tertiary/aromatic N) is 1. The van der Waals surface area contributed by atoms with Gasteiger partial charge in [0.15, 0.2) is 0 Å². The van der Waals surface area contributed by atoms with E-state index in [4.69, 9.17) is 5.26 Å². The Balaban J connectivity index is 2.38. The first-order valence-corrected chi connectivity index (χ1v) is 5.99. The Bertz CT molecular complexity index is 504. The van der Waals surface area contributed by atoms with Crippen LogP contribution < -0.4 is 0 Å². The molecular weight excluding hydrogens is 262 g/mol. The predicted octanol–water partition coefficient (Wildman–Crippen LogP) is 4.06. The number of rotatable bonds is 1. The van der Waals surface area contributed by atoms with Crippen LogP contribution in [0.15, 0.2) is 42.5 Å². The van der Waals surface area contributed by atoms with Crippen molar-refractivity contribution in [2.45, 2.75) is 17.7 Å². The van der Waals surface area contributed by atoms with Crippen molar-refractivity contribution >= 4 is 21.5 Å². The van der Waals surface area contributed by atoms with Crippen molar-refractivity contribution in [2.75, 3.05) is 0 Å². The Morgan fingerprint density at radius 2 is 2.12 bits per heavy atom. The molecule has 1 unspecified atom stereocenters. The summed E-state index contributed by atoms with van der Waals surface area (Å²) in [7, 11) is 0. The average molecular weight is 274 g/mol. The number of allylic oxidation sites excluding steroid dienone is 4. The third-order valence-electron chi connectivity index (χ3n) is 2.69. The van der Waals surface area contributed by atoms with Crippen LogP contribution in [0.2, 0.25) is 0 Å². The lowest BCUT2D eigenvalue weighted by atomic mass is 9.92. The zero-order chi connectivity index (χ0) is 11.6. The van der Waals surface area contributed by atoms with Crippen LogP contribution in [0, 0.1) is 11.3 Å². The molecule has 16 heavy (non-hydrogen) atoms. The highest BCUT2D eigenvalue weighted by molar-refractivity contribution is 9.10. The van der Waals surface area contributed by atoms with E-state index < -0.39 is 0 Å². The van der Waals surface area contributed by atoms with Crippen molar-refractivity contribution in [3.05, 3.63) is 53.6 Å². The maximum Gasteiger partial charge on any atom is 0.0998 e. The largest absolute Gasteiger partial charge is 0.192 e. The maximum absolute atomic E-state index is 9.04. The van der Waals surface area contributed by atoms with Crippen molar-refractivity contribution in [3.8, 4) is 6.07 Å². The lowest BCUT2D eigenvalue weighted by Gasteiger charge is -2.21. The summed E-state index contributed by atoms with van der Waals surface area (Å²) < 4.78 is 0.0537. The van der Waals surface area contributed by atoms with Gasteiger partial charge in [0.05, 0.1) is 11.6 Å². The second-order valence-electron chi connectivity index (χ2n) is 4.13. The van der Waals surface area contributed by atoms with E-state index in [1.165, 1.54) is 0 Å². The van der Waals surface area contributed by atoms with E-state index in [2.05, 4.69) is 47.2 Å². The van der Waals surface area contributed by atoms with Crippen LogP contribution in [-0.2, 0) is 0 Å². The molecule has 0 bridgehead atoms. The standard InChI is InChI=1S/C14H12BrN/c1-14(15)8-6-11(7-9-14)13-5-3-2-4-12(13)10-16/h2-8H,9H2,1H3. The summed E-state index contributed by atoms with van der Waals surface area (Å²) in [6.45, 7) is 2.13. The topological polar surface area (TPSA) is 23.8 Å². The minimum Gasteiger partial charge on any atom is -0.192 e. The van der Waals surface area contributed by atoms with Crippen molar-refractivity contribution in [1.82, 2.24) is 0 Å². The molecular formula is C14H12BrN. The van der Waals surface area contributed by atoms with Gasteiger partial charge < -0.3 is 0 Å². The number of alkyl halides is 1. The predicted molar refractivity (Wildman–Crippen MR) is 70.2 cm³/mol. The lowest BCUT2D eigenvalue weighted by molar-refractivity contribution is 0.818. The second kappa shape index (κ2) is 4.27. The number of nitriles is 1. The molecule has 2 rings (SSSR count). The summed E-state index contributed by atoms with van der Waals surface area (Å²) in [5.74, 6) is 0. The van der Waals surface area contributed by atoms with Crippen molar-refractivity contribution < 1.29 is 0 Å². The summed E-state index contributed by atoms with van der Waals surface area (Å²) in [5, 5.41) is 9.04. The minimum atomic E-state index is 0.0537. The third-order valence-corrected chi connectivity index (χ3v) is 3.28. The molecule has 1 aliphatic rings. The van der Waals surface area contributed by atoms with Crippen molar-refractivity contribution in [2.24, 2.45) is 0 Å². The summed E-state index contributed by atoms with van der Waals surface area (Å²) in [6.07, 6.45) is 7.33. The summed E-state index contributed by atoms with van der Waals surface area (Å²) in [4.78, 5) is 0. The Morgan fingerprint density at radius 3 is 2.75 bits per heavy atom. The molecule has 1 aromatic rings. The normalized spacial score (nSPS) is 23.7. The molecule has 1 nitrogen and oxygen atoms in total. The fraction of sp³-hybridized carbons (Fsp3) is 0.214. The van der Waals surface area contributed by atoms with Crippen LogP contribution in [0.1, 0.15) is 24.5 Å². The van der Waals surface area contributed by atoms with Gasteiger partial charge in [-0.15, -0.1) is 0 Å². The zero-order valence-electron chi connectivity index (χ0n) is 9.07. The first kappa shape index (κ1) is 11.2. The molecule has 1 aliphatic carbocycles. The van der Waals surface area contributed by atoms with Crippen molar-refractivity contribution in [3.63, 3.8) is 0 Å². The summed E-state index contributed by atoms with van der Waals surface area (Å²) >= 11 is 3.63. The molecule has 0 aliphatic heterocycles. The maximum atomic E-state index is 9.04. The number of hydrogen-bond acceptors (Lipinski definition) is 1. The van der Waals surface area contributed by atoms with Gasteiger partial charge in [-0.2, -0.15) is 5.26 Å². The molecule has 0 N–H and O–H groups in total. The van der Waals surface area contributed by atoms with Gasteiger partial charge >= 0.3 is 0 Å². The number of halogens is 1. The van der Waals surface area contributed by atoms with Crippen LogP contribution in [0.25, 0.3) is 5.57 Å². The average Bonchev–Trinajstić information content (AvgIpc) is 2.29. The van der Waals surface area contributed by atoms with E-state index in [0.717, 1.165) is 23.1 Å². The van der Waals surface area contributed by atoms with Crippen LogP contribution >= 0.6 is 15.9 Å². The van der Waals surface area contributed by atoms with Crippen LogP contribution in [0.5, 0.6) is 0 Å². The Hall–Kier alpha value is -1.33. The monoisotopic (exact) mass is 273 g/mol. The zero-order valence-corrected chi connectivity index (χ0v) is 10.7. The van der Waals surface area contributed by atoms with Gasteiger partial charge in [-0.3, -0.25) is 0 Å². The van der Waals surface area contributed by atoms with Gasteiger partial charge in [-0.25, -0.2) is 0 Å². The summed E-state index contributed by atoms with van der Waals surface area (Å²) in [6, 6.07) is 9.93. The molecule has 0 radical (unpaired) electrons. The Morgan fingerprint density at radius 1 is 1.38 bits per heavy atom. The van der Waals surface area contributed by atoms with E-state index in [9.17, 15) is 0 Å². The highest BCUT2D eigenvalue weighted by Gasteiger charge is 2.19. The van der Waals surface area contributed by atoms with E-state index in [1.54, 1.807) is 0 Å². The van der Waals surface area contributed by atoms with E-state index >= 15 is 0 Å². The smallest absolute Gasteiger partial charge is 0.0998 e. The molecule has 0 spiro atoms. The highest BCUT2D eigenvalue weighted by Crippen LogP contribution is 2.33. The first-order valence-electron chi connectivity index (χ1n) is 5.20. The fourth-order valence-corrected chi connectivity index (χ4v) is 2.04. The highest BCUT2D eigenvalue weighted by atomic mass is 79.9. The van der Waals surface area contributed by atoms with Gasteiger partial charge in [0, 0.05) is 4.32 Å². The van der Waals surface area contributed by atoms with Gasteiger partial charge in [0.2, 0.25) is 0 Å². The summed E-state index contributed by atoms with van der Waals surface area (Å²) in [5.41, 5.74) is 2.88. The molecule has 0 amide bonds. The first-order chi connectivity index (χ1) is 7.62. The van der Waals surface area contributed by atoms with Crippen LogP contribution in [0.3, 0.4) is 0 Å². The molecule has 0 fully saturated rings. The fourth-order valence-electron chi connectivity index (χ4n) is 1.74. The number of benzene rings is 1. The quantitative estimate of drug-likeness (QED) is 0.708. The minimum absolute atomic E-state index is 0.0537. The molecule has 0 saturated heterocycles. The third kappa shape index (κ3) is 2.25. The second-order valence-corrected chi connectivity index (χ2v) is 5.94. The van der Waals surface area contributed by atoms with E-state index in [-0.39, 0.29) is 4.32 Å². The molecule has 0 aromatic heterocycles. The molecule has 80 valence electrons. The van der Waals surface area contributed by atoms with Gasteiger partial charge in [-0.1, -0.05) is 52.4 Å². The Labute approximate surface area is 104 Å². The molecule has 2 heteroatoms. The lowest BCUT2D eigenvalue weighted by Crippen LogP contribution is -2.12. The number of hydrogen-bond donors (Lipinski definition) is 0. The van der Waals surface area contributed by atoms with Crippen LogP contribution in [-0.4, -0.2) is 4.32 Å². The molecule has 0 saturated carbocycles. The van der Waals surface area contributed by atoms with Gasteiger partial charge in [0.25, 0.3) is 0 Å². The van der Waals surface area contributed by atoms with E-state index in [0.29, 0.717) is 0 Å². The SMILES string of the molecule is CC1(Br)C=CC(c2ccccc2C#N)=CC1. The van der Waals surface area contributed by atoms with Crippen LogP contribution in [0.4, 0.5) is 0 Å². The molecule has 0 heterocycles. The van der Waals surface area contributed by atoms with Gasteiger partial charge in [0.1, 0.15) is 0 Å². The van der Waals surface area contributed by atoms with Gasteiger partial charge in [-0.05, 0) is 30.5 Å². The molecule has 1 aromatic carbocycles. The Kier molecular flexibility index (Phi) is 2.98. The van der Waals surface area contributed by atoms with E-state index in [1.807, 2.05) is 24.3 Å². The van der Waals surface area contributed by atoms with Crippen molar-refractivity contribution in [1.29, 1.82) is 5.26 Å². The molecule has 1 atom stereocenters.